The van der Waals surface area contributed by atoms with Crippen molar-refractivity contribution in [2.24, 2.45) is 0 Å². The van der Waals surface area contributed by atoms with Crippen LogP contribution < -0.4 is 0 Å². The predicted octanol–water partition coefficient (Wildman–Crippen LogP) is 12.7. The van der Waals surface area contributed by atoms with Gasteiger partial charge in [-0.2, -0.15) is 167 Å². The van der Waals surface area contributed by atoms with Crippen LogP contribution in [0.3, 0.4) is 0 Å². The molecule has 0 saturated carbocycles. The van der Waals surface area contributed by atoms with E-state index in [2.05, 4.69) is 0 Å². The zero-order valence-corrected chi connectivity index (χ0v) is 26.8. The number of esters is 1. The summed E-state index contributed by atoms with van der Waals surface area (Å²) in [5.41, 5.74) is -3.61. The van der Waals surface area contributed by atoms with Gasteiger partial charge < -0.3 is 4.74 Å². The second kappa shape index (κ2) is 14.5. The number of rotatable bonds is 17. The third kappa shape index (κ3) is 7.31. The van der Waals surface area contributed by atoms with Gasteiger partial charge in [0.05, 0.1) is 0 Å². The van der Waals surface area contributed by atoms with Crippen LogP contribution in [0, 0.1) is 0 Å². The fourth-order valence-electron chi connectivity index (χ4n) is 3.40. The topological polar surface area (TPSA) is 26.3 Å². The number of halogens is 38. The summed E-state index contributed by atoms with van der Waals surface area (Å²) in [6.45, 7) is -1.20. The van der Waals surface area contributed by atoms with Crippen molar-refractivity contribution in [2.45, 2.75) is 114 Å². The number of allylic oxidation sites excluding steroid dienone is 1. The molecule has 0 amide bonds. The highest BCUT2D eigenvalue weighted by atomic mass is 19.4. The molecule has 0 saturated heterocycles. The minimum Gasteiger partial charge on any atom is -0.393 e. The van der Waals surface area contributed by atoms with E-state index in [9.17, 15) is 172 Å². The van der Waals surface area contributed by atoms with Crippen molar-refractivity contribution in [3.63, 3.8) is 0 Å². The van der Waals surface area contributed by atoms with Gasteiger partial charge in [0.1, 0.15) is 0 Å². The largest absolute Gasteiger partial charge is 0.473 e. The highest BCUT2D eigenvalue weighted by molar-refractivity contribution is 5.88. The zero-order valence-electron chi connectivity index (χ0n) is 26.8. The summed E-state index contributed by atoms with van der Waals surface area (Å²) >= 11 is 0. The predicted molar refractivity (Wildman–Crippen MR) is 111 cm³/mol. The average molecular weight is 1020 g/mol. The van der Waals surface area contributed by atoms with Gasteiger partial charge >= 0.3 is 113 Å². The Bertz CT molecular complexity index is 1680. The number of carbonyl (C=O) groups excluding carboxylic acids is 1. The molecule has 0 N–H and O–H groups in total. The normalized spacial score (nSPS) is 17.1. The summed E-state index contributed by atoms with van der Waals surface area (Å²) in [5, 5.41) is 0. The van der Waals surface area contributed by atoms with E-state index in [0.717, 1.165) is 0 Å². The van der Waals surface area contributed by atoms with Crippen LogP contribution >= 0.6 is 0 Å². The first-order chi connectivity index (χ1) is 26.0. The lowest BCUT2D eigenvalue weighted by Gasteiger charge is -2.44. The molecule has 0 aliphatic rings. The second-order valence-corrected chi connectivity index (χ2v) is 11.4. The maximum atomic E-state index is 14.0. The minimum absolute atomic E-state index is 1.20. The maximum Gasteiger partial charge on any atom is 0.473 e. The molecule has 0 aliphatic carbocycles. The van der Waals surface area contributed by atoms with E-state index in [-0.39, 0.29) is 0 Å². The molecule has 0 radical (unpaired) electrons. The van der Waals surface area contributed by atoms with Crippen LogP contribution in [0.2, 0.25) is 0 Å². The van der Waals surface area contributed by atoms with E-state index >= 15 is 0 Å². The van der Waals surface area contributed by atoms with E-state index in [1.807, 2.05) is 0 Å². The molecule has 0 aromatic heterocycles. The second-order valence-electron chi connectivity index (χ2n) is 11.4. The van der Waals surface area contributed by atoms with Crippen molar-refractivity contribution in [1.29, 1.82) is 0 Å². The molecule has 0 bridgehead atoms. The molecular formula is C22H4F38O2. The van der Waals surface area contributed by atoms with E-state index < -0.39 is 132 Å². The van der Waals surface area contributed by atoms with E-state index in [0.29, 0.717) is 0 Å². The third-order valence-corrected chi connectivity index (χ3v) is 7.17. The molecule has 0 unspecified atom stereocenters. The fraction of sp³-hybridized carbons (Fsp3) is 0.864. The van der Waals surface area contributed by atoms with Gasteiger partial charge in [-0.15, -0.1) is 0 Å². The Balaban J connectivity index is 7.31. The quantitative estimate of drug-likeness (QED) is 0.0824. The monoisotopic (exact) mass is 1020 g/mol. The van der Waals surface area contributed by atoms with Crippen LogP contribution in [0.25, 0.3) is 0 Å². The molecule has 0 heterocycles. The standard InChI is InChI=1S/C22H4F38O2/c1-3(4(61)62-22(59,60)19(51,52)16(45,46)13(39,40)12(37,38)15(43,44)18(49,50)21(56,57)58)2-5(23,24)6(25,26)7(27,28)8(29,30)9(31,32)10(33,34)11(35,36)14(41,42)17(47,48)20(53,54)55/h2H,1H3. The SMILES string of the molecule is CC(=CC(F)(F)C(F)(F)C(F)(F)C(F)(F)C(F)(F)C(F)(F)C(F)(F)C(F)(F)C(F)(F)C(F)(F)F)C(=O)OC(F)(F)C(F)(F)C(F)(F)C(F)(F)C(F)(F)C(F)(F)C(F)(F)C(F)(F)F. The van der Waals surface area contributed by atoms with Crippen molar-refractivity contribution in [1.82, 2.24) is 0 Å². The Morgan fingerprint density at radius 3 is 0.677 bits per heavy atom. The number of alkyl halides is 38. The molecule has 0 aromatic carbocycles. The van der Waals surface area contributed by atoms with Gasteiger partial charge in [0, 0.05) is 11.6 Å². The van der Waals surface area contributed by atoms with Gasteiger partial charge in [-0.25, -0.2) is 4.79 Å². The van der Waals surface area contributed by atoms with Crippen LogP contribution in [-0.2, 0) is 9.53 Å². The molecule has 0 atom stereocenters. The first-order valence-electron chi connectivity index (χ1n) is 13.1. The molecule has 0 fully saturated rings. The Hall–Kier alpha value is -3.45. The Labute approximate surface area is 309 Å². The molecular weight excluding hydrogens is 1020 g/mol. The van der Waals surface area contributed by atoms with Crippen LogP contribution in [0.5, 0.6) is 0 Å². The highest BCUT2D eigenvalue weighted by Gasteiger charge is 2.99. The van der Waals surface area contributed by atoms with Gasteiger partial charge in [0.15, 0.2) is 0 Å². The van der Waals surface area contributed by atoms with Gasteiger partial charge in [-0.3, -0.25) is 0 Å². The number of carbonyl (C=O) groups is 1. The molecule has 40 heteroatoms. The van der Waals surface area contributed by atoms with Gasteiger partial charge in [-0.1, -0.05) is 0 Å². The third-order valence-electron chi connectivity index (χ3n) is 7.17. The Morgan fingerprint density at radius 1 is 0.290 bits per heavy atom. The highest BCUT2D eigenvalue weighted by Crippen LogP contribution is 2.67. The van der Waals surface area contributed by atoms with Gasteiger partial charge in [0.25, 0.3) is 0 Å². The first-order valence-corrected chi connectivity index (χ1v) is 13.1. The van der Waals surface area contributed by atoms with Crippen LogP contribution in [0.15, 0.2) is 11.6 Å². The first kappa shape index (κ1) is 58.6. The molecule has 0 rings (SSSR count). The van der Waals surface area contributed by atoms with E-state index in [1.165, 1.54) is 0 Å². The lowest BCUT2D eigenvalue weighted by molar-refractivity contribution is -0.473. The molecule has 2 nitrogen and oxygen atoms in total. The number of hydrogen-bond donors (Lipinski definition) is 0. The van der Waals surface area contributed by atoms with Crippen LogP contribution in [0.4, 0.5) is 167 Å². The zero-order chi connectivity index (χ0) is 51.6. The summed E-state index contributed by atoms with van der Waals surface area (Å²) in [7, 11) is 0. The Morgan fingerprint density at radius 2 is 0.468 bits per heavy atom. The summed E-state index contributed by atoms with van der Waals surface area (Å²) in [4.78, 5) is 11.4. The van der Waals surface area contributed by atoms with Crippen molar-refractivity contribution in [3.05, 3.63) is 11.6 Å². The maximum absolute atomic E-state index is 14.0. The molecule has 0 spiro atoms. The number of hydrogen-bond acceptors (Lipinski definition) is 2. The van der Waals surface area contributed by atoms with Crippen LogP contribution in [-0.4, -0.2) is 113 Å². The molecule has 0 aromatic rings. The number of ether oxygens (including phenoxy) is 1. The van der Waals surface area contributed by atoms with Gasteiger partial charge in [0.2, 0.25) is 0 Å². The molecule has 0 aliphatic heterocycles. The van der Waals surface area contributed by atoms with Crippen molar-refractivity contribution >= 4 is 5.97 Å². The van der Waals surface area contributed by atoms with Gasteiger partial charge in [-0.05, 0) is 6.92 Å². The summed E-state index contributed by atoms with van der Waals surface area (Å²) < 4.78 is 509. The van der Waals surface area contributed by atoms with E-state index in [4.69, 9.17) is 0 Å². The lowest BCUT2D eigenvalue weighted by atomic mass is 9.86. The van der Waals surface area contributed by atoms with Crippen LogP contribution in [0.1, 0.15) is 6.92 Å². The summed E-state index contributed by atoms with van der Waals surface area (Å²) in [6.07, 6.45) is -28.0. The molecule has 370 valence electrons. The smallest absolute Gasteiger partial charge is 0.393 e. The fourth-order valence-corrected chi connectivity index (χ4v) is 3.40. The van der Waals surface area contributed by atoms with Crippen molar-refractivity contribution in [2.75, 3.05) is 0 Å². The summed E-state index contributed by atoms with van der Waals surface area (Å²) in [5.74, 6) is -143. The summed E-state index contributed by atoms with van der Waals surface area (Å²) in [6, 6.07) is 0. The minimum atomic E-state index is -9.78. The Kier molecular flexibility index (Phi) is 13.7. The van der Waals surface area contributed by atoms with Crippen molar-refractivity contribution < 1.29 is 176 Å². The van der Waals surface area contributed by atoms with E-state index in [1.54, 1.807) is 4.74 Å². The lowest BCUT2D eigenvalue weighted by Crippen LogP contribution is -2.76. The average Bonchev–Trinajstić information content (AvgIpc) is 3.01. The van der Waals surface area contributed by atoms with Crippen molar-refractivity contribution in [3.8, 4) is 0 Å². The molecule has 62 heavy (non-hydrogen) atoms.